The van der Waals surface area contributed by atoms with E-state index in [1.807, 2.05) is 10.3 Å². The zero-order valence-electron chi connectivity index (χ0n) is 15.6. The minimum absolute atomic E-state index is 0.0149. The molecule has 1 fully saturated rings. The summed E-state index contributed by atoms with van der Waals surface area (Å²) < 4.78 is 6.67. The number of methoxy groups -OCH3 is 1. The minimum atomic E-state index is -0.0560. The summed E-state index contributed by atoms with van der Waals surface area (Å²) in [4.78, 5) is 38.4. The van der Waals surface area contributed by atoms with Gasteiger partial charge in [-0.15, -0.1) is 11.3 Å². The maximum absolute atomic E-state index is 12.8. The highest BCUT2D eigenvalue weighted by molar-refractivity contribution is 7.15. The van der Waals surface area contributed by atoms with Gasteiger partial charge in [0.1, 0.15) is 0 Å². The van der Waals surface area contributed by atoms with Gasteiger partial charge in [-0.25, -0.2) is 9.97 Å². The van der Waals surface area contributed by atoms with Gasteiger partial charge in [0.2, 0.25) is 5.88 Å². The molecule has 146 valence electrons. The average molecular weight is 399 g/mol. The first-order valence-electron chi connectivity index (χ1n) is 9.11. The van der Waals surface area contributed by atoms with Crippen LogP contribution < -0.4 is 10.3 Å². The standard InChI is InChI=1S/C19H21N5O3S/c1-27-16-11-14(3-4-20-16)18(26)23-6-2-5-22(7-8-23)13-15-12-17(25)24-9-10-28-19(24)21-15/h3-4,9-12H,2,5-8,13H2,1H3. The molecular formula is C19H21N5O3S. The van der Waals surface area contributed by atoms with Gasteiger partial charge in [0.15, 0.2) is 4.96 Å². The second-order valence-electron chi connectivity index (χ2n) is 6.65. The van der Waals surface area contributed by atoms with Crippen LogP contribution in [0.2, 0.25) is 0 Å². The highest BCUT2D eigenvalue weighted by Gasteiger charge is 2.21. The summed E-state index contributed by atoms with van der Waals surface area (Å²) in [6.07, 6.45) is 4.19. The summed E-state index contributed by atoms with van der Waals surface area (Å²) in [5.74, 6) is 0.419. The van der Waals surface area contributed by atoms with E-state index in [-0.39, 0.29) is 11.5 Å². The molecule has 0 saturated carbocycles. The Morgan fingerprint density at radius 3 is 3.00 bits per heavy atom. The molecule has 0 N–H and O–H groups in total. The Labute approximate surface area is 166 Å². The van der Waals surface area contributed by atoms with Crippen molar-refractivity contribution in [2.75, 3.05) is 33.3 Å². The van der Waals surface area contributed by atoms with Crippen molar-refractivity contribution in [2.45, 2.75) is 13.0 Å². The molecule has 28 heavy (non-hydrogen) atoms. The summed E-state index contributed by atoms with van der Waals surface area (Å²) in [7, 11) is 1.54. The lowest BCUT2D eigenvalue weighted by atomic mass is 10.2. The molecule has 3 aromatic rings. The molecule has 8 nitrogen and oxygen atoms in total. The monoisotopic (exact) mass is 399 g/mol. The molecule has 0 bridgehead atoms. The summed E-state index contributed by atoms with van der Waals surface area (Å²) in [6, 6.07) is 4.97. The summed E-state index contributed by atoms with van der Waals surface area (Å²) >= 11 is 1.45. The third-order valence-corrected chi connectivity index (χ3v) is 5.57. The molecule has 1 aliphatic rings. The highest BCUT2D eigenvalue weighted by Crippen LogP contribution is 2.14. The average Bonchev–Trinajstić information content (AvgIpc) is 3.07. The Kier molecular flexibility index (Phi) is 5.36. The molecule has 0 aliphatic carbocycles. The van der Waals surface area contributed by atoms with Crippen molar-refractivity contribution in [3.63, 3.8) is 0 Å². The number of carbonyl (C=O) groups is 1. The van der Waals surface area contributed by atoms with Crippen LogP contribution >= 0.6 is 11.3 Å². The number of nitrogens with zero attached hydrogens (tertiary/aromatic N) is 5. The van der Waals surface area contributed by atoms with Crippen molar-refractivity contribution in [3.05, 3.63) is 57.6 Å². The number of carbonyl (C=O) groups excluding carboxylic acids is 1. The van der Waals surface area contributed by atoms with Crippen LogP contribution in [0.4, 0.5) is 0 Å². The molecule has 3 aromatic heterocycles. The number of fused-ring (bicyclic) bond motifs is 1. The van der Waals surface area contributed by atoms with E-state index in [4.69, 9.17) is 4.74 Å². The van der Waals surface area contributed by atoms with Crippen molar-refractivity contribution in [3.8, 4) is 5.88 Å². The Hall–Kier alpha value is -2.78. The van der Waals surface area contributed by atoms with Crippen LogP contribution in [0.25, 0.3) is 4.96 Å². The predicted octanol–water partition coefficient (Wildman–Crippen LogP) is 1.51. The van der Waals surface area contributed by atoms with Crippen molar-refractivity contribution in [1.29, 1.82) is 0 Å². The Balaban J connectivity index is 1.43. The van der Waals surface area contributed by atoms with Gasteiger partial charge in [0, 0.05) is 68.2 Å². The summed E-state index contributed by atoms with van der Waals surface area (Å²) in [5.41, 5.74) is 1.30. The SMILES string of the molecule is COc1cc(C(=O)N2CCCN(Cc3cc(=O)n4ccsc4n3)CC2)ccn1. The van der Waals surface area contributed by atoms with E-state index < -0.39 is 0 Å². The largest absolute Gasteiger partial charge is 0.481 e. The fourth-order valence-corrected chi connectivity index (χ4v) is 4.11. The Morgan fingerprint density at radius 2 is 2.14 bits per heavy atom. The van der Waals surface area contributed by atoms with E-state index in [0.29, 0.717) is 36.0 Å². The number of hydrogen-bond acceptors (Lipinski definition) is 7. The van der Waals surface area contributed by atoms with Crippen LogP contribution in [0.3, 0.4) is 0 Å². The first kappa shape index (κ1) is 18.6. The quantitative estimate of drug-likeness (QED) is 0.662. The summed E-state index contributed by atoms with van der Waals surface area (Å²) in [5, 5.41) is 1.86. The first-order valence-corrected chi connectivity index (χ1v) is 9.99. The Bertz CT molecular complexity index is 1050. The lowest BCUT2D eigenvalue weighted by molar-refractivity contribution is 0.0760. The van der Waals surface area contributed by atoms with Gasteiger partial charge in [-0.1, -0.05) is 0 Å². The first-order chi connectivity index (χ1) is 13.6. The van der Waals surface area contributed by atoms with Crippen LogP contribution in [0.1, 0.15) is 22.5 Å². The van der Waals surface area contributed by atoms with Crippen LogP contribution in [0, 0.1) is 0 Å². The predicted molar refractivity (Wildman–Crippen MR) is 106 cm³/mol. The highest BCUT2D eigenvalue weighted by atomic mass is 32.1. The molecule has 1 aliphatic heterocycles. The van der Waals surface area contributed by atoms with Gasteiger partial charge in [-0.2, -0.15) is 0 Å². The maximum atomic E-state index is 12.8. The second kappa shape index (κ2) is 8.07. The Morgan fingerprint density at radius 1 is 1.25 bits per heavy atom. The molecule has 9 heteroatoms. The van der Waals surface area contributed by atoms with E-state index in [2.05, 4.69) is 14.9 Å². The number of aromatic nitrogens is 3. The number of hydrogen-bond donors (Lipinski definition) is 0. The van der Waals surface area contributed by atoms with Gasteiger partial charge >= 0.3 is 0 Å². The van der Waals surface area contributed by atoms with Crippen LogP contribution in [-0.4, -0.2) is 63.4 Å². The fraction of sp³-hybridized carbons (Fsp3) is 0.368. The number of thiazole rings is 1. The summed E-state index contributed by atoms with van der Waals surface area (Å²) in [6.45, 7) is 3.52. The van der Waals surface area contributed by atoms with E-state index >= 15 is 0 Å². The molecule has 0 unspecified atom stereocenters. The van der Waals surface area contributed by atoms with Crippen LogP contribution in [0.5, 0.6) is 5.88 Å². The molecule has 0 spiro atoms. The topological polar surface area (TPSA) is 80.0 Å². The molecule has 0 atom stereocenters. The van der Waals surface area contributed by atoms with Crippen molar-refractivity contribution in [1.82, 2.24) is 24.2 Å². The van der Waals surface area contributed by atoms with Crippen LogP contribution in [0.15, 0.2) is 40.8 Å². The van der Waals surface area contributed by atoms with Gasteiger partial charge in [0.05, 0.1) is 12.8 Å². The lowest BCUT2D eigenvalue weighted by Gasteiger charge is -2.22. The van der Waals surface area contributed by atoms with Gasteiger partial charge in [0.25, 0.3) is 11.5 Å². The third-order valence-electron chi connectivity index (χ3n) is 4.81. The molecule has 0 aromatic carbocycles. The second-order valence-corrected chi connectivity index (χ2v) is 7.52. The van der Waals surface area contributed by atoms with Gasteiger partial charge in [-0.3, -0.25) is 18.9 Å². The number of pyridine rings is 1. The molecule has 4 heterocycles. The van der Waals surface area contributed by atoms with E-state index in [1.54, 1.807) is 35.0 Å². The zero-order chi connectivity index (χ0) is 19.5. The maximum Gasteiger partial charge on any atom is 0.258 e. The van der Waals surface area contributed by atoms with Crippen molar-refractivity contribution in [2.24, 2.45) is 0 Å². The smallest absolute Gasteiger partial charge is 0.258 e. The van der Waals surface area contributed by atoms with Gasteiger partial charge in [-0.05, 0) is 12.5 Å². The molecule has 1 saturated heterocycles. The number of amides is 1. The van der Waals surface area contributed by atoms with Gasteiger partial charge < -0.3 is 9.64 Å². The van der Waals surface area contributed by atoms with E-state index in [1.165, 1.54) is 18.4 Å². The van der Waals surface area contributed by atoms with Crippen molar-refractivity contribution < 1.29 is 9.53 Å². The van der Waals surface area contributed by atoms with Crippen molar-refractivity contribution >= 4 is 22.2 Å². The molecular weight excluding hydrogens is 378 g/mol. The molecule has 4 rings (SSSR count). The molecule has 0 radical (unpaired) electrons. The fourth-order valence-electron chi connectivity index (χ4n) is 3.37. The van der Waals surface area contributed by atoms with E-state index in [9.17, 15) is 9.59 Å². The number of ether oxygens (including phenoxy) is 1. The van der Waals surface area contributed by atoms with Crippen LogP contribution in [-0.2, 0) is 6.54 Å². The third kappa shape index (κ3) is 3.90. The molecule has 1 amide bonds. The lowest BCUT2D eigenvalue weighted by Crippen LogP contribution is -2.35. The van der Waals surface area contributed by atoms with E-state index in [0.717, 1.165) is 25.2 Å². The minimum Gasteiger partial charge on any atom is -0.481 e. The zero-order valence-corrected chi connectivity index (χ0v) is 16.4. The normalized spacial score (nSPS) is 15.5. The number of rotatable bonds is 4.